The summed E-state index contributed by atoms with van der Waals surface area (Å²) in [5, 5.41) is 6.65. The van der Waals surface area contributed by atoms with Gasteiger partial charge in [-0.05, 0) is 47.9 Å². The molecule has 0 aliphatic rings. The average Bonchev–Trinajstić information content (AvgIpc) is 2.85. The molecule has 3 aromatic rings. The van der Waals surface area contributed by atoms with E-state index in [1.165, 1.54) is 6.21 Å². The molecule has 0 atom stereocenters. The van der Waals surface area contributed by atoms with Crippen molar-refractivity contribution in [1.82, 2.24) is 10.7 Å². The Bertz CT molecular complexity index is 1180. The highest BCUT2D eigenvalue weighted by atomic mass is 16.2. The first-order valence-corrected chi connectivity index (χ1v) is 10.5. The van der Waals surface area contributed by atoms with Gasteiger partial charge in [0.2, 0.25) is 0 Å². The van der Waals surface area contributed by atoms with E-state index in [4.69, 9.17) is 0 Å². The Morgan fingerprint density at radius 3 is 2.00 bits per heavy atom. The first-order chi connectivity index (χ1) is 16.1. The topological polar surface area (TPSA) is 70.6 Å². The maximum atomic E-state index is 12.8. The quantitative estimate of drug-likeness (QED) is 0.220. The fraction of sp³-hybridized carbons (Fsp3) is 0.0357. The molecule has 0 unspecified atom stereocenters. The Labute approximate surface area is 193 Å². The van der Waals surface area contributed by atoms with Gasteiger partial charge >= 0.3 is 0 Å². The van der Waals surface area contributed by atoms with E-state index in [1.54, 1.807) is 36.4 Å². The van der Waals surface area contributed by atoms with Crippen LogP contribution >= 0.6 is 0 Å². The molecule has 0 heterocycles. The largest absolute Gasteiger partial charge is 0.317 e. The summed E-state index contributed by atoms with van der Waals surface area (Å²) in [4.78, 5) is 25.4. The van der Waals surface area contributed by atoms with Crippen LogP contribution in [-0.4, -0.2) is 18.0 Å². The van der Waals surface area contributed by atoms with Crippen LogP contribution < -0.4 is 10.7 Å². The number of rotatable bonds is 8. The number of benzene rings is 3. The van der Waals surface area contributed by atoms with Crippen molar-refractivity contribution in [2.75, 3.05) is 0 Å². The van der Waals surface area contributed by atoms with E-state index >= 15 is 0 Å². The average molecular weight is 436 g/mol. The van der Waals surface area contributed by atoms with Crippen LogP contribution in [0.2, 0.25) is 0 Å². The number of hydrazone groups is 1. The summed E-state index contributed by atoms with van der Waals surface area (Å²) < 4.78 is 0. The van der Waals surface area contributed by atoms with E-state index in [0.717, 1.165) is 16.7 Å². The molecule has 2 amide bonds. The number of carbonyl (C=O) groups is 2. The number of nitrogens with zero attached hydrogens (tertiary/aromatic N) is 1. The lowest BCUT2D eigenvalue weighted by molar-refractivity contribution is -0.117. The van der Waals surface area contributed by atoms with Crippen LogP contribution in [0.4, 0.5) is 0 Å². The fourth-order valence-electron chi connectivity index (χ4n) is 2.94. The predicted molar refractivity (Wildman–Crippen MR) is 134 cm³/mol. The zero-order chi connectivity index (χ0) is 23.3. The standard InChI is InChI=1S/C28H25N3O2/c1-22(20-24-14-7-3-8-15-24)21-26(30-27(32)25-17-9-4-10-18-25)28(33)31-29-19-11-16-23-12-5-2-6-13-23/h2-21H,1H3,(H,30,32)(H,31,33)/b16-11+,22-20+,26-21+,29-19-. The Morgan fingerprint density at radius 1 is 0.788 bits per heavy atom. The van der Waals surface area contributed by atoms with E-state index < -0.39 is 5.91 Å². The maximum absolute atomic E-state index is 12.8. The molecule has 0 saturated carbocycles. The molecule has 3 aromatic carbocycles. The number of amides is 2. The summed E-state index contributed by atoms with van der Waals surface area (Å²) in [7, 11) is 0. The van der Waals surface area contributed by atoms with Gasteiger partial charge in [-0.25, -0.2) is 5.43 Å². The molecule has 164 valence electrons. The Morgan fingerprint density at radius 2 is 1.36 bits per heavy atom. The van der Waals surface area contributed by atoms with Crippen molar-refractivity contribution >= 4 is 30.2 Å². The van der Waals surface area contributed by atoms with Gasteiger partial charge in [-0.15, -0.1) is 0 Å². The summed E-state index contributed by atoms with van der Waals surface area (Å²) >= 11 is 0. The van der Waals surface area contributed by atoms with E-state index in [0.29, 0.717) is 5.56 Å². The summed E-state index contributed by atoms with van der Waals surface area (Å²) in [6, 6.07) is 28.2. The first kappa shape index (κ1) is 23.2. The molecule has 3 rings (SSSR count). The van der Waals surface area contributed by atoms with Crippen LogP contribution in [0.25, 0.3) is 12.2 Å². The van der Waals surface area contributed by atoms with Gasteiger partial charge < -0.3 is 5.32 Å². The second-order valence-corrected chi connectivity index (χ2v) is 7.17. The van der Waals surface area contributed by atoms with Crippen molar-refractivity contribution in [3.63, 3.8) is 0 Å². The van der Waals surface area contributed by atoms with Gasteiger partial charge in [-0.3, -0.25) is 9.59 Å². The molecule has 0 aliphatic heterocycles. The van der Waals surface area contributed by atoms with Gasteiger partial charge in [0.05, 0.1) is 0 Å². The van der Waals surface area contributed by atoms with Gasteiger partial charge in [0.25, 0.3) is 11.8 Å². The van der Waals surface area contributed by atoms with Crippen LogP contribution in [0, 0.1) is 0 Å². The molecule has 0 saturated heterocycles. The number of hydrogen-bond donors (Lipinski definition) is 2. The number of hydrogen-bond acceptors (Lipinski definition) is 3. The minimum absolute atomic E-state index is 0.0951. The first-order valence-electron chi connectivity index (χ1n) is 10.5. The summed E-state index contributed by atoms with van der Waals surface area (Å²) in [6.45, 7) is 1.86. The Hall–Kier alpha value is -4.51. The number of allylic oxidation sites excluding steroid dienone is 3. The smallest absolute Gasteiger partial charge is 0.287 e. The van der Waals surface area contributed by atoms with Crippen molar-refractivity contribution < 1.29 is 9.59 Å². The molecule has 0 fully saturated rings. The lowest BCUT2D eigenvalue weighted by atomic mass is 10.1. The molecule has 5 heteroatoms. The van der Waals surface area contributed by atoms with Crippen LogP contribution in [0.3, 0.4) is 0 Å². The summed E-state index contributed by atoms with van der Waals surface area (Å²) in [6.07, 6.45) is 8.62. The highest BCUT2D eigenvalue weighted by molar-refractivity contribution is 6.03. The minimum atomic E-state index is -0.524. The van der Waals surface area contributed by atoms with Gasteiger partial charge in [-0.2, -0.15) is 5.10 Å². The monoisotopic (exact) mass is 435 g/mol. The van der Waals surface area contributed by atoms with Crippen molar-refractivity contribution in [2.24, 2.45) is 5.10 Å². The van der Waals surface area contributed by atoms with E-state index in [2.05, 4.69) is 15.8 Å². The molecule has 0 bridgehead atoms. The summed E-state index contributed by atoms with van der Waals surface area (Å²) in [5.74, 6) is -0.901. The lowest BCUT2D eigenvalue weighted by Crippen LogP contribution is -2.33. The Kier molecular flexibility index (Phi) is 8.68. The molecule has 5 nitrogen and oxygen atoms in total. The third-order valence-corrected chi connectivity index (χ3v) is 4.51. The zero-order valence-electron chi connectivity index (χ0n) is 18.3. The van der Waals surface area contributed by atoms with E-state index in [9.17, 15) is 9.59 Å². The molecular formula is C28H25N3O2. The minimum Gasteiger partial charge on any atom is -0.317 e. The number of nitrogens with one attached hydrogen (secondary N) is 2. The molecule has 0 radical (unpaired) electrons. The lowest BCUT2D eigenvalue weighted by Gasteiger charge is -2.09. The zero-order valence-corrected chi connectivity index (χ0v) is 18.3. The maximum Gasteiger partial charge on any atom is 0.287 e. The molecule has 0 aliphatic carbocycles. The van der Waals surface area contributed by atoms with Gasteiger partial charge in [0.1, 0.15) is 5.70 Å². The highest BCUT2D eigenvalue weighted by Gasteiger charge is 2.14. The van der Waals surface area contributed by atoms with Crippen molar-refractivity contribution in [3.8, 4) is 0 Å². The molecule has 0 aromatic heterocycles. The van der Waals surface area contributed by atoms with Crippen molar-refractivity contribution in [1.29, 1.82) is 0 Å². The van der Waals surface area contributed by atoms with Gasteiger partial charge in [0.15, 0.2) is 0 Å². The van der Waals surface area contributed by atoms with Crippen LogP contribution in [0.15, 0.2) is 120 Å². The third-order valence-electron chi connectivity index (χ3n) is 4.51. The molecule has 0 spiro atoms. The van der Waals surface area contributed by atoms with Gasteiger partial charge in [-0.1, -0.05) is 91.0 Å². The molecule has 2 N–H and O–H groups in total. The van der Waals surface area contributed by atoms with Crippen molar-refractivity contribution in [2.45, 2.75) is 6.92 Å². The third kappa shape index (κ3) is 7.92. The molecule has 33 heavy (non-hydrogen) atoms. The van der Waals surface area contributed by atoms with Gasteiger partial charge in [0, 0.05) is 11.8 Å². The highest BCUT2D eigenvalue weighted by Crippen LogP contribution is 2.10. The summed E-state index contributed by atoms with van der Waals surface area (Å²) in [5.41, 5.74) is 5.82. The number of carbonyl (C=O) groups excluding carboxylic acids is 2. The van der Waals surface area contributed by atoms with E-state index in [1.807, 2.05) is 85.8 Å². The van der Waals surface area contributed by atoms with Crippen LogP contribution in [0.5, 0.6) is 0 Å². The second kappa shape index (κ2) is 12.4. The van der Waals surface area contributed by atoms with Crippen LogP contribution in [-0.2, 0) is 4.79 Å². The SMILES string of the molecule is CC(=C\c1ccccc1)/C=C(/NC(=O)c1ccccc1)C(=O)N/N=C\C=C\c1ccccc1. The Balaban J connectivity index is 1.74. The fourth-order valence-corrected chi connectivity index (χ4v) is 2.94. The normalized spacial score (nSPS) is 12.2. The van der Waals surface area contributed by atoms with Crippen molar-refractivity contribution in [3.05, 3.63) is 131 Å². The van der Waals surface area contributed by atoms with Crippen LogP contribution in [0.1, 0.15) is 28.4 Å². The predicted octanol–water partition coefficient (Wildman–Crippen LogP) is 5.22. The molecular weight excluding hydrogens is 410 g/mol. The second-order valence-electron chi connectivity index (χ2n) is 7.17. The van der Waals surface area contributed by atoms with E-state index in [-0.39, 0.29) is 11.6 Å².